The average molecular weight is 220 g/mol. The highest BCUT2D eigenvalue weighted by atomic mass is 16.4. The van der Waals surface area contributed by atoms with Gasteiger partial charge in [-0.1, -0.05) is 6.92 Å². The van der Waals surface area contributed by atoms with Crippen molar-refractivity contribution in [3.8, 4) is 0 Å². The van der Waals surface area contributed by atoms with E-state index in [1.54, 1.807) is 4.90 Å². The molecule has 15 heavy (non-hydrogen) atoms. The van der Waals surface area contributed by atoms with Gasteiger partial charge in [0.1, 0.15) is 0 Å². The Hall–Kier alpha value is -1.14. The number of aliphatic carboxylic acids is 1. The van der Waals surface area contributed by atoms with Gasteiger partial charge in [0.15, 0.2) is 0 Å². The molecule has 2 N–H and O–H groups in total. The number of carboxylic acids is 1. The van der Waals surface area contributed by atoms with Crippen LogP contribution < -0.4 is 0 Å². The van der Waals surface area contributed by atoms with E-state index < -0.39 is 5.97 Å². The third-order valence-electron chi connectivity index (χ3n) is 1.81. The zero-order valence-corrected chi connectivity index (χ0v) is 9.51. The predicted molar refractivity (Wildman–Crippen MR) is 57.0 cm³/mol. The van der Waals surface area contributed by atoms with E-state index in [0.29, 0.717) is 0 Å². The van der Waals surface area contributed by atoms with E-state index in [9.17, 15) is 4.79 Å². The van der Waals surface area contributed by atoms with Gasteiger partial charge in [-0.3, -0.25) is 14.5 Å². The fourth-order valence-electron chi connectivity index (χ4n) is 0.809. The first-order valence-electron chi connectivity index (χ1n) is 4.64. The van der Waals surface area contributed by atoms with Crippen molar-refractivity contribution in [1.82, 2.24) is 9.80 Å². The standard InChI is InChI=1S/C8H18N2O2.CH2O2/c1-4-9(2)5-6-10(3)7-8(11)12;2-1-3/h4-7H2,1-3H3,(H,11,12);1H,(H,2,3). The number of hydrogen-bond acceptors (Lipinski definition) is 4. The lowest BCUT2D eigenvalue weighted by Gasteiger charge is -2.18. The summed E-state index contributed by atoms with van der Waals surface area (Å²) in [6.07, 6.45) is 0. The molecule has 0 aliphatic carbocycles. The number of carbonyl (C=O) groups is 2. The van der Waals surface area contributed by atoms with Crippen LogP contribution in [0.15, 0.2) is 0 Å². The lowest BCUT2D eigenvalue weighted by Crippen LogP contribution is -2.33. The highest BCUT2D eigenvalue weighted by Crippen LogP contribution is 1.85. The average Bonchev–Trinajstić information content (AvgIpc) is 2.14. The summed E-state index contributed by atoms with van der Waals surface area (Å²) in [6, 6.07) is 0. The Labute approximate surface area is 90.1 Å². The van der Waals surface area contributed by atoms with E-state index in [-0.39, 0.29) is 13.0 Å². The monoisotopic (exact) mass is 220 g/mol. The lowest BCUT2D eigenvalue weighted by molar-refractivity contribution is -0.138. The number of rotatable bonds is 6. The van der Waals surface area contributed by atoms with Gasteiger partial charge in [0.25, 0.3) is 6.47 Å². The van der Waals surface area contributed by atoms with E-state index in [1.807, 2.05) is 14.1 Å². The third kappa shape index (κ3) is 15.6. The van der Waals surface area contributed by atoms with Gasteiger partial charge in [-0.05, 0) is 20.6 Å². The molecule has 0 amide bonds. The van der Waals surface area contributed by atoms with Crippen LogP contribution in [-0.4, -0.2) is 72.7 Å². The zero-order chi connectivity index (χ0) is 12.3. The molecule has 0 bridgehead atoms. The van der Waals surface area contributed by atoms with E-state index in [4.69, 9.17) is 15.0 Å². The Morgan fingerprint density at radius 2 is 1.67 bits per heavy atom. The van der Waals surface area contributed by atoms with Crippen molar-refractivity contribution in [1.29, 1.82) is 0 Å². The Morgan fingerprint density at radius 1 is 1.27 bits per heavy atom. The topological polar surface area (TPSA) is 81.1 Å². The van der Waals surface area contributed by atoms with Crippen LogP contribution in [0.4, 0.5) is 0 Å². The maximum absolute atomic E-state index is 10.3. The number of nitrogens with zero attached hydrogens (tertiary/aromatic N) is 2. The van der Waals surface area contributed by atoms with Crippen LogP contribution in [-0.2, 0) is 9.59 Å². The molecule has 6 heteroatoms. The van der Waals surface area contributed by atoms with Crippen LogP contribution in [0.25, 0.3) is 0 Å². The van der Waals surface area contributed by atoms with Crippen LogP contribution in [0.3, 0.4) is 0 Å². The second kappa shape index (κ2) is 10.9. The van der Waals surface area contributed by atoms with E-state index >= 15 is 0 Å². The van der Waals surface area contributed by atoms with Crippen LogP contribution in [0.2, 0.25) is 0 Å². The molecule has 0 atom stereocenters. The normalized spacial score (nSPS) is 9.67. The molecule has 0 heterocycles. The molecule has 90 valence electrons. The Balaban J connectivity index is 0. The van der Waals surface area contributed by atoms with Crippen LogP contribution in [0, 0.1) is 0 Å². The fraction of sp³-hybridized carbons (Fsp3) is 0.778. The zero-order valence-electron chi connectivity index (χ0n) is 9.51. The Kier molecular flexibility index (Phi) is 11.9. The molecule has 0 radical (unpaired) electrons. The smallest absolute Gasteiger partial charge is 0.317 e. The van der Waals surface area contributed by atoms with Gasteiger partial charge in [-0.2, -0.15) is 0 Å². The van der Waals surface area contributed by atoms with Gasteiger partial charge in [-0.25, -0.2) is 0 Å². The number of hydrogen-bond donors (Lipinski definition) is 2. The van der Waals surface area contributed by atoms with Crippen LogP contribution >= 0.6 is 0 Å². The van der Waals surface area contributed by atoms with Gasteiger partial charge in [0.05, 0.1) is 6.54 Å². The second-order valence-electron chi connectivity index (χ2n) is 3.13. The molecule has 0 aromatic carbocycles. The maximum atomic E-state index is 10.3. The summed E-state index contributed by atoms with van der Waals surface area (Å²) in [5.74, 6) is -0.767. The quantitative estimate of drug-likeness (QED) is 0.596. The molecule has 0 aliphatic rings. The summed E-state index contributed by atoms with van der Waals surface area (Å²) < 4.78 is 0. The van der Waals surface area contributed by atoms with E-state index in [1.165, 1.54) is 0 Å². The molecule has 0 saturated heterocycles. The van der Waals surface area contributed by atoms with Crippen molar-refractivity contribution in [3.05, 3.63) is 0 Å². The summed E-state index contributed by atoms with van der Waals surface area (Å²) in [5, 5.41) is 15.3. The molecule has 0 fully saturated rings. The highest BCUT2D eigenvalue weighted by Gasteiger charge is 2.04. The number of likely N-dealkylation sites (N-methyl/N-ethyl adjacent to an activating group) is 2. The molecular weight excluding hydrogens is 200 g/mol. The van der Waals surface area contributed by atoms with Crippen molar-refractivity contribution >= 4 is 12.4 Å². The summed E-state index contributed by atoms with van der Waals surface area (Å²) >= 11 is 0. The van der Waals surface area contributed by atoms with Crippen molar-refractivity contribution in [2.75, 3.05) is 40.3 Å². The van der Waals surface area contributed by atoms with E-state index in [2.05, 4.69) is 11.8 Å². The summed E-state index contributed by atoms with van der Waals surface area (Å²) in [6.45, 7) is 4.67. The molecule has 0 aromatic rings. The molecule has 0 spiro atoms. The van der Waals surface area contributed by atoms with Gasteiger partial charge in [0.2, 0.25) is 0 Å². The third-order valence-corrected chi connectivity index (χ3v) is 1.81. The van der Waals surface area contributed by atoms with Crippen LogP contribution in [0.5, 0.6) is 0 Å². The minimum atomic E-state index is -0.767. The first-order chi connectivity index (χ1) is 6.97. The highest BCUT2D eigenvalue weighted by molar-refractivity contribution is 5.68. The summed E-state index contributed by atoms with van der Waals surface area (Å²) in [4.78, 5) is 22.6. The summed E-state index contributed by atoms with van der Waals surface area (Å²) in [7, 11) is 3.84. The Morgan fingerprint density at radius 3 is 2.00 bits per heavy atom. The van der Waals surface area contributed by atoms with Crippen molar-refractivity contribution in [2.45, 2.75) is 6.92 Å². The predicted octanol–water partition coefficient (Wildman–Crippen LogP) is -0.345. The number of carboxylic acid groups (broad SMARTS) is 2. The lowest BCUT2D eigenvalue weighted by atomic mass is 10.4. The molecule has 0 aliphatic heterocycles. The largest absolute Gasteiger partial charge is 0.483 e. The first-order valence-corrected chi connectivity index (χ1v) is 4.64. The van der Waals surface area contributed by atoms with Gasteiger partial charge >= 0.3 is 5.97 Å². The molecular formula is C9H20N2O4. The minimum absolute atomic E-state index is 0.123. The van der Waals surface area contributed by atoms with E-state index in [0.717, 1.165) is 19.6 Å². The van der Waals surface area contributed by atoms with Crippen molar-refractivity contribution in [2.24, 2.45) is 0 Å². The van der Waals surface area contributed by atoms with Crippen molar-refractivity contribution < 1.29 is 19.8 Å². The van der Waals surface area contributed by atoms with Gasteiger partial charge in [-0.15, -0.1) is 0 Å². The molecule has 0 saturated carbocycles. The van der Waals surface area contributed by atoms with Crippen LogP contribution in [0.1, 0.15) is 6.92 Å². The van der Waals surface area contributed by atoms with Gasteiger partial charge in [0, 0.05) is 13.1 Å². The minimum Gasteiger partial charge on any atom is -0.483 e. The fourth-order valence-corrected chi connectivity index (χ4v) is 0.809. The molecule has 6 nitrogen and oxygen atoms in total. The Bertz CT molecular complexity index is 175. The van der Waals surface area contributed by atoms with Gasteiger partial charge < -0.3 is 15.1 Å². The molecule has 0 aromatic heterocycles. The van der Waals surface area contributed by atoms with Crippen molar-refractivity contribution in [3.63, 3.8) is 0 Å². The summed E-state index contributed by atoms with van der Waals surface area (Å²) in [5.41, 5.74) is 0. The maximum Gasteiger partial charge on any atom is 0.317 e. The SMILES string of the molecule is CCN(C)CCN(C)CC(=O)O.O=CO. The second-order valence-corrected chi connectivity index (χ2v) is 3.13. The molecule has 0 unspecified atom stereocenters. The molecule has 0 rings (SSSR count). The first kappa shape index (κ1) is 16.3.